The van der Waals surface area contributed by atoms with Crippen molar-refractivity contribution in [2.75, 3.05) is 4.90 Å². The molecule has 0 spiro atoms. The van der Waals surface area contributed by atoms with E-state index in [1.54, 1.807) is 24.3 Å². The van der Waals surface area contributed by atoms with Gasteiger partial charge in [-0.1, -0.05) is 103 Å². The van der Waals surface area contributed by atoms with E-state index in [0.717, 1.165) is 50.9 Å². The van der Waals surface area contributed by atoms with Gasteiger partial charge in [-0.3, -0.25) is 0 Å². The first kappa shape index (κ1) is 26.4. The molecular formula is C49H35IrN3O2-2. The summed E-state index contributed by atoms with van der Waals surface area (Å²) in [6.45, 7) is -7.20. The molecule has 269 valence electrons. The van der Waals surface area contributed by atoms with Gasteiger partial charge >= 0.3 is 0 Å². The minimum atomic E-state index is -2.50. The van der Waals surface area contributed by atoms with Crippen molar-refractivity contribution in [3.05, 3.63) is 187 Å². The van der Waals surface area contributed by atoms with Crippen LogP contribution in [0.2, 0.25) is 0 Å². The Morgan fingerprint density at radius 3 is 2.09 bits per heavy atom. The Kier molecular flexibility index (Phi) is 7.30. The van der Waals surface area contributed by atoms with Gasteiger partial charge in [0.25, 0.3) is 0 Å². The summed E-state index contributed by atoms with van der Waals surface area (Å²) >= 11 is 0. The number of hydrogen-bond donors (Lipinski definition) is 0. The molecule has 0 amide bonds. The molecule has 10 rings (SSSR count). The monoisotopic (exact) mass is 899 g/mol. The Hall–Kier alpha value is -6.33. The van der Waals surface area contributed by atoms with Gasteiger partial charge in [0, 0.05) is 50.5 Å². The topological polar surface area (TPSA) is 47.5 Å². The van der Waals surface area contributed by atoms with Crippen molar-refractivity contribution in [1.82, 2.24) is 9.97 Å². The summed E-state index contributed by atoms with van der Waals surface area (Å²) in [6, 6.07) is 50.7. The van der Waals surface area contributed by atoms with Crippen LogP contribution in [-0.4, -0.2) is 9.97 Å². The number of rotatable bonds is 4. The number of nitrogens with zero attached hydrogens (tertiary/aromatic N) is 3. The van der Waals surface area contributed by atoms with Gasteiger partial charge in [0.2, 0.25) is 0 Å². The molecule has 0 atom stereocenters. The number of aryl methyl sites for hydroxylation is 3. The third-order valence-electron chi connectivity index (χ3n) is 9.22. The van der Waals surface area contributed by atoms with Crippen molar-refractivity contribution in [1.29, 1.82) is 0 Å². The fourth-order valence-electron chi connectivity index (χ4n) is 6.64. The van der Waals surface area contributed by atoms with Gasteiger partial charge in [0.15, 0.2) is 0 Å². The first-order valence-electron chi connectivity index (χ1n) is 21.7. The molecule has 8 aromatic rings. The van der Waals surface area contributed by atoms with E-state index in [0.29, 0.717) is 22.8 Å². The zero-order valence-electron chi connectivity index (χ0n) is 38.0. The van der Waals surface area contributed by atoms with Crippen LogP contribution >= 0.6 is 0 Å². The van der Waals surface area contributed by atoms with E-state index in [1.165, 1.54) is 30.5 Å². The van der Waals surface area contributed by atoms with Gasteiger partial charge < -0.3 is 24.3 Å². The number of ether oxygens (including phenoxy) is 2. The predicted molar refractivity (Wildman–Crippen MR) is 217 cm³/mol. The molecule has 0 N–H and O–H groups in total. The molecule has 4 heterocycles. The Morgan fingerprint density at radius 2 is 1.33 bits per heavy atom. The summed E-state index contributed by atoms with van der Waals surface area (Å²) in [7, 11) is 0. The van der Waals surface area contributed by atoms with Crippen LogP contribution in [0.3, 0.4) is 0 Å². The zero-order chi connectivity index (χ0) is 44.1. The van der Waals surface area contributed by atoms with Gasteiger partial charge in [-0.2, -0.15) is 0 Å². The Morgan fingerprint density at radius 1 is 0.582 bits per heavy atom. The van der Waals surface area contributed by atoms with E-state index in [4.69, 9.17) is 21.8 Å². The minimum Gasteiger partial charge on any atom is -0.497 e. The van der Waals surface area contributed by atoms with Crippen molar-refractivity contribution < 1.29 is 41.9 Å². The Bertz CT molecular complexity index is 2980. The molecule has 0 unspecified atom stereocenters. The predicted octanol–water partition coefficient (Wildman–Crippen LogP) is 13.0. The van der Waals surface area contributed by atoms with Crippen LogP contribution in [0.15, 0.2) is 158 Å². The molecule has 2 aliphatic rings. The second-order valence-electron chi connectivity index (χ2n) is 12.6. The molecule has 0 fully saturated rings. The summed E-state index contributed by atoms with van der Waals surface area (Å²) in [6.07, 6.45) is 3.04. The summed E-state index contributed by atoms with van der Waals surface area (Å²) in [5.74, 6) is 2.99. The summed E-state index contributed by atoms with van der Waals surface area (Å²) in [4.78, 5) is 11.1. The molecule has 0 saturated heterocycles. The smallest absolute Gasteiger partial charge is 0.138 e. The largest absolute Gasteiger partial charge is 0.497 e. The van der Waals surface area contributed by atoms with Crippen molar-refractivity contribution in [3.8, 4) is 67.8 Å². The van der Waals surface area contributed by atoms with Gasteiger partial charge in [-0.05, 0) is 88.8 Å². The average Bonchev–Trinajstić information content (AvgIpc) is 3.28. The molecule has 6 aromatic carbocycles. The third-order valence-corrected chi connectivity index (χ3v) is 9.22. The summed E-state index contributed by atoms with van der Waals surface area (Å²) in [5, 5.41) is 0. The van der Waals surface area contributed by atoms with E-state index in [2.05, 4.69) is 57.3 Å². The van der Waals surface area contributed by atoms with Crippen LogP contribution in [0.5, 0.6) is 23.0 Å². The number of pyridine rings is 2. The van der Waals surface area contributed by atoms with Crippen LogP contribution in [0, 0.1) is 32.7 Å². The molecule has 1 radical (unpaired) electrons. The molecule has 0 aliphatic carbocycles. The summed E-state index contributed by atoms with van der Waals surface area (Å²) in [5.41, 5.74) is 8.08. The molecule has 2 aliphatic heterocycles. The maximum absolute atomic E-state index is 7.84. The first-order chi connectivity index (χ1) is 30.1. The minimum absolute atomic E-state index is 0. The van der Waals surface area contributed by atoms with Crippen molar-refractivity contribution in [2.45, 2.75) is 20.6 Å². The molecule has 6 heteroatoms. The van der Waals surface area contributed by atoms with Crippen molar-refractivity contribution >= 4 is 17.1 Å². The number of hydrogen-bond acceptors (Lipinski definition) is 5. The average molecular weight is 899 g/mol. The van der Waals surface area contributed by atoms with Gasteiger partial charge in [0.1, 0.15) is 11.5 Å². The molecule has 55 heavy (non-hydrogen) atoms. The second-order valence-corrected chi connectivity index (χ2v) is 12.6. The van der Waals surface area contributed by atoms with Crippen LogP contribution in [-0.2, 0) is 20.1 Å². The maximum atomic E-state index is 7.84. The van der Waals surface area contributed by atoms with Crippen LogP contribution in [0.25, 0.3) is 44.8 Å². The SMILES string of the molecule is [2H]C([2H])([2H])c1c[c-]c(-c2cc(-c3ccccc3C([2H])([2H])[2H])c(C([2H])([2H])[2H])cn2)cc1.[Ir].[c-]1cc2c3c(c1-c1cc(-c4ccccc4)ccn1)Oc1ccccc1N3c1ccccc1O2. The maximum Gasteiger partial charge on any atom is 0.138 e. The van der Waals surface area contributed by atoms with E-state index in [-0.39, 0.29) is 47.9 Å². The van der Waals surface area contributed by atoms with Gasteiger partial charge in [-0.25, -0.2) is 0 Å². The van der Waals surface area contributed by atoms with E-state index in [9.17, 15) is 0 Å². The summed E-state index contributed by atoms with van der Waals surface area (Å²) < 4.78 is 82.0. The zero-order valence-corrected chi connectivity index (χ0v) is 31.4. The third kappa shape index (κ3) is 6.83. The van der Waals surface area contributed by atoms with Crippen LogP contribution in [0.4, 0.5) is 17.1 Å². The quantitative estimate of drug-likeness (QED) is 0.165. The van der Waals surface area contributed by atoms with Crippen LogP contribution in [0.1, 0.15) is 29.0 Å². The van der Waals surface area contributed by atoms with Crippen molar-refractivity contribution in [2.24, 2.45) is 0 Å². The standard InChI is InChI=1S/C29H17N2O2.C20H18N.Ir/c1-2-8-19(9-3-1)20-16-17-30-22(18-20)21-14-15-27-28-29(21)33-26-13-7-5-11-24(26)31(28)23-10-4-6-12-25(23)32-27;1-14-8-10-17(11-9-14)20-12-19(16(3)13-21-20)18-7-5-4-6-15(18)2;/h1-13,15-18H;4-10,12-13H,1-3H3;/q2*-1;/i;1D3,2D3,3D3;. The fourth-order valence-corrected chi connectivity index (χ4v) is 6.64. The molecule has 0 saturated carbocycles. The number of fused-ring (bicyclic) bond motifs is 4. The number of aromatic nitrogens is 2. The number of benzene rings is 6. The number of para-hydroxylation sites is 4. The number of anilines is 3. The van der Waals surface area contributed by atoms with E-state index in [1.807, 2.05) is 72.9 Å². The Balaban J connectivity index is 0.000000173. The second kappa shape index (κ2) is 15.2. The Labute approximate surface area is 347 Å². The normalized spacial score (nSPS) is 14.8. The van der Waals surface area contributed by atoms with Crippen LogP contribution < -0.4 is 14.4 Å². The van der Waals surface area contributed by atoms with E-state index >= 15 is 0 Å². The molecular weight excluding hydrogens is 855 g/mol. The van der Waals surface area contributed by atoms with E-state index < -0.39 is 20.6 Å². The molecule has 2 aromatic heterocycles. The molecule has 0 bridgehead atoms. The first-order valence-corrected chi connectivity index (χ1v) is 17.2. The van der Waals surface area contributed by atoms with Crippen molar-refractivity contribution in [3.63, 3.8) is 0 Å². The fraction of sp³-hybridized carbons (Fsp3) is 0.0612. The van der Waals surface area contributed by atoms with Gasteiger partial charge in [0.05, 0.1) is 22.9 Å². The van der Waals surface area contributed by atoms with Gasteiger partial charge in [-0.15, -0.1) is 47.5 Å². The molecule has 5 nitrogen and oxygen atoms in total.